The minimum Gasteiger partial charge on any atom is -0.494 e. The highest BCUT2D eigenvalue weighted by Crippen LogP contribution is 2.39. The quantitative estimate of drug-likeness (QED) is 0.114. The Morgan fingerprint density at radius 2 is 1.93 bits per heavy atom. The number of carbonyl (C=O) groups excluding carboxylic acids is 2. The van der Waals surface area contributed by atoms with E-state index in [2.05, 4.69) is 20.8 Å². The van der Waals surface area contributed by atoms with Crippen molar-refractivity contribution in [3.8, 4) is 5.75 Å². The van der Waals surface area contributed by atoms with Crippen molar-refractivity contribution < 1.29 is 24.0 Å². The lowest BCUT2D eigenvalue weighted by Gasteiger charge is -2.18. The SMILES string of the molecule is CCOC(=O)N[C@@H](CC(=O)N/N=C\c1ccc(Sc2nc3ccc(OCC)cc3s2)c([N+](=O)[O-])c1)c1ccccc1. The summed E-state index contributed by atoms with van der Waals surface area (Å²) in [5.74, 6) is 0.282. The van der Waals surface area contributed by atoms with Crippen LogP contribution in [-0.4, -0.2) is 41.3 Å². The highest BCUT2D eigenvalue weighted by molar-refractivity contribution is 8.01. The van der Waals surface area contributed by atoms with Crippen LogP contribution in [-0.2, 0) is 9.53 Å². The molecule has 0 unspecified atom stereocenters. The van der Waals surface area contributed by atoms with Gasteiger partial charge in [-0.15, -0.1) is 11.3 Å². The lowest BCUT2D eigenvalue weighted by Crippen LogP contribution is -2.33. The third-order valence-electron chi connectivity index (χ3n) is 5.59. The number of nitrogens with zero attached hydrogens (tertiary/aromatic N) is 3. The number of amides is 2. The molecule has 0 aliphatic rings. The maximum absolute atomic E-state index is 12.6. The molecule has 0 saturated carbocycles. The number of alkyl carbamates (subject to hydrolysis) is 1. The maximum Gasteiger partial charge on any atom is 0.407 e. The van der Waals surface area contributed by atoms with Gasteiger partial charge in [-0.1, -0.05) is 48.2 Å². The van der Waals surface area contributed by atoms with Crippen molar-refractivity contribution in [1.82, 2.24) is 15.7 Å². The van der Waals surface area contributed by atoms with Gasteiger partial charge in [0.2, 0.25) is 5.91 Å². The summed E-state index contributed by atoms with van der Waals surface area (Å²) in [6.07, 6.45) is 0.594. The Bertz CT molecular complexity index is 1560. The van der Waals surface area contributed by atoms with Gasteiger partial charge in [-0.3, -0.25) is 14.9 Å². The second-order valence-corrected chi connectivity index (χ2v) is 10.8. The van der Waals surface area contributed by atoms with E-state index >= 15 is 0 Å². The topological polar surface area (TPSA) is 145 Å². The molecular formula is C28H27N5O6S2. The fourth-order valence-electron chi connectivity index (χ4n) is 3.78. The van der Waals surface area contributed by atoms with Crippen LogP contribution in [0.1, 0.15) is 37.4 Å². The van der Waals surface area contributed by atoms with Crippen LogP contribution in [0.2, 0.25) is 0 Å². The van der Waals surface area contributed by atoms with Gasteiger partial charge < -0.3 is 14.8 Å². The van der Waals surface area contributed by atoms with Gasteiger partial charge in [0.25, 0.3) is 5.69 Å². The number of fused-ring (bicyclic) bond motifs is 1. The molecule has 41 heavy (non-hydrogen) atoms. The minimum absolute atomic E-state index is 0.0931. The Hall–Kier alpha value is -4.49. The van der Waals surface area contributed by atoms with Crippen molar-refractivity contribution in [2.45, 2.75) is 35.5 Å². The average Bonchev–Trinajstić information content (AvgIpc) is 3.35. The summed E-state index contributed by atoms with van der Waals surface area (Å²) in [7, 11) is 0. The molecule has 212 valence electrons. The number of aromatic nitrogens is 1. The number of nitrogens with one attached hydrogen (secondary N) is 2. The van der Waals surface area contributed by atoms with E-state index in [0.29, 0.717) is 21.4 Å². The van der Waals surface area contributed by atoms with Crippen LogP contribution in [0, 0.1) is 10.1 Å². The van der Waals surface area contributed by atoms with Crippen molar-refractivity contribution in [3.05, 3.63) is 88.0 Å². The smallest absolute Gasteiger partial charge is 0.407 e. The first-order chi connectivity index (χ1) is 19.9. The van der Waals surface area contributed by atoms with E-state index < -0.39 is 23.0 Å². The molecule has 0 radical (unpaired) electrons. The molecule has 3 aromatic carbocycles. The number of hydrogen-bond donors (Lipinski definition) is 2. The monoisotopic (exact) mass is 593 g/mol. The molecule has 11 nitrogen and oxygen atoms in total. The second-order valence-electron chi connectivity index (χ2n) is 8.45. The standard InChI is InChI=1S/C28H27N5O6S2/c1-3-38-20-11-12-21-25(15-20)41-28(31-21)40-24-13-10-18(14-23(24)33(36)37)17-29-32-26(34)16-22(30-27(35)39-4-2)19-8-6-5-7-9-19/h5-15,17,22H,3-4,16H2,1-2H3,(H,30,35)(H,32,34)/b29-17-/t22-/m0/s1. The van der Waals surface area contributed by atoms with E-state index in [-0.39, 0.29) is 18.7 Å². The summed E-state index contributed by atoms with van der Waals surface area (Å²) < 4.78 is 12.1. The first kappa shape index (κ1) is 29.5. The largest absolute Gasteiger partial charge is 0.494 e. The normalized spacial score (nSPS) is 11.8. The Balaban J connectivity index is 1.42. The summed E-state index contributed by atoms with van der Waals surface area (Å²) in [4.78, 5) is 40.9. The molecule has 1 atom stereocenters. The van der Waals surface area contributed by atoms with Gasteiger partial charge >= 0.3 is 6.09 Å². The number of benzene rings is 3. The summed E-state index contributed by atoms with van der Waals surface area (Å²) in [6, 6.07) is 18.7. The lowest BCUT2D eigenvalue weighted by molar-refractivity contribution is -0.387. The first-order valence-electron chi connectivity index (χ1n) is 12.7. The van der Waals surface area contributed by atoms with E-state index in [1.165, 1.54) is 35.4 Å². The second kappa shape index (κ2) is 14.2. The number of hydrazone groups is 1. The number of carbonyl (C=O) groups is 2. The third kappa shape index (κ3) is 8.25. The van der Waals surface area contributed by atoms with Crippen molar-refractivity contribution in [3.63, 3.8) is 0 Å². The molecule has 0 aliphatic heterocycles. The molecule has 0 bridgehead atoms. The lowest BCUT2D eigenvalue weighted by atomic mass is 10.0. The molecule has 0 saturated heterocycles. The van der Waals surface area contributed by atoms with Crippen LogP contribution in [0.25, 0.3) is 10.2 Å². The van der Waals surface area contributed by atoms with Gasteiger partial charge in [0, 0.05) is 11.6 Å². The number of nitro benzene ring substituents is 1. The highest BCUT2D eigenvalue weighted by atomic mass is 32.2. The number of hydrogen-bond acceptors (Lipinski definition) is 10. The van der Waals surface area contributed by atoms with E-state index in [0.717, 1.165) is 21.5 Å². The Morgan fingerprint density at radius 1 is 1.12 bits per heavy atom. The Kier molecular flexibility index (Phi) is 10.2. The molecule has 1 heterocycles. The number of thiazole rings is 1. The van der Waals surface area contributed by atoms with Gasteiger partial charge in [-0.25, -0.2) is 15.2 Å². The predicted molar refractivity (Wildman–Crippen MR) is 158 cm³/mol. The summed E-state index contributed by atoms with van der Waals surface area (Å²) in [6.45, 7) is 4.35. The Morgan fingerprint density at radius 3 is 2.66 bits per heavy atom. The van der Waals surface area contributed by atoms with Crippen molar-refractivity contribution >= 4 is 57.2 Å². The highest BCUT2D eigenvalue weighted by Gasteiger charge is 2.20. The van der Waals surface area contributed by atoms with Crippen LogP contribution >= 0.6 is 23.1 Å². The first-order valence-corrected chi connectivity index (χ1v) is 14.3. The summed E-state index contributed by atoms with van der Waals surface area (Å²) in [5, 5.41) is 18.4. The fraction of sp³-hybridized carbons (Fsp3) is 0.214. The summed E-state index contributed by atoms with van der Waals surface area (Å²) in [5.41, 5.74) is 4.25. The van der Waals surface area contributed by atoms with E-state index in [1.807, 2.05) is 31.2 Å². The van der Waals surface area contributed by atoms with E-state index in [4.69, 9.17) is 9.47 Å². The van der Waals surface area contributed by atoms with E-state index in [9.17, 15) is 19.7 Å². The maximum atomic E-state index is 12.6. The molecule has 0 fully saturated rings. The minimum atomic E-state index is -0.635. The third-order valence-corrected chi connectivity index (χ3v) is 7.73. The molecule has 4 aromatic rings. The molecule has 2 amide bonds. The van der Waals surface area contributed by atoms with E-state index in [1.54, 1.807) is 43.3 Å². The molecule has 2 N–H and O–H groups in total. The molecule has 13 heteroatoms. The van der Waals surface area contributed by atoms with Gasteiger partial charge in [0.05, 0.1) is 51.9 Å². The van der Waals surface area contributed by atoms with Gasteiger partial charge in [0.15, 0.2) is 4.34 Å². The van der Waals surface area contributed by atoms with Gasteiger partial charge in [0.1, 0.15) is 5.75 Å². The molecular weight excluding hydrogens is 566 g/mol. The number of ether oxygens (including phenoxy) is 2. The zero-order chi connectivity index (χ0) is 29.2. The zero-order valence-corrected chi connectivity index (χ0v) is 23.9. The summed E-state index contributed by atoms with van der Waals surface area (Å²) >= 11 is 2.63. The molecule has 4 rings (SSSR count). The van der Waals surface area contributed by atoms with Crippen LogP contribution in [0.3, 0.4) is 0 Å². The van der Waals surface area contributed by atoms with Crippen LogP contribution in [0.4, 0.5) is 10.5 Å². The van der Waals surface area contributed by atoms with Gasteiger partial charge in [-0.05, 0) is 43.7 Å². The van der Waals surface area contributed by atoms with Crippen molar-refractivity contribution in [2.24, 2.45) is 5.10 Å². The van der Waals surface area contributed by atoms with Crippen molar-refractivity contribution in [2.75, 3.05) is 13.2 Å². The fourth-order valence-corrected chi connectivity index (χ4v) is 5.92. The predicted octanol–water partition coefficient (Wildman–Crippen LogP) is 6.08. The van der Waals surface area contributed by atoms with Gasteiger partial charge in [-0.2, -0.15) is 5.10 Å². The van der Waals surface area contributed by atoms with Crippen molar-refractivity contribution in [1.29, 1.82) is 0 Å². The molecule has 0 aliphatic carbocycles. The zero-order valence-electron chi connectivity index (χ0n) is 22.2. The van der Waals surface area contributed by atoms with Crippen LogP contribution < -0.4 is 15.5 Å². The number of nitro groups is 1. The number of rotatable bonds is 12. The molecule has 0 spiro atoms. The van der Waals surface area contributed by atoms with Crippen LogP contribution in [0.5, 0.6) is 5.75 Å². The average molecular weight is 594 g/mol. The Labute approximate surface area is 244 Å². The van der Waals surface area contributed by atoms with Crippen LogP contribution in [0.15, 0.2) is 81.1 Å². The molecule has 1 aromatic heterocycles.